The molecular formula is C43H46N2O6S. The monoisotopic (exact) mass is 718 g/mol. The Labute approximate surface area is 307 Å². The number of sulfonamides is 1. The largest absolute Gasteiger partial charge is 0.507 e. The molecule has 0 atom stereocenters. The molecule has 0 radical (unpaired) electrons. The summed E-state index contributed by atoms with van der Waals surface area (Å²) in [7, 11) is -2.95. The second kappa shape index (κ2) is 18.3. The van der Waals surface area contributed by atoms with Crippen molar-refractivity contribution in [3.05, 3.63) is 150 Å². The minimum atomic E-state index is -4.16. The number of nitrogens with zero attached hydrogens (tertiary/aromatic N) is 2. The minimum Gasteiger partial charge on any atom is -0.507 e. The maximum Gasteiger partial charge on any atom is 0.341 e. The molecule has 0 aliphatic heterocycles. The third-order valence-electron chi connectivity index (χ3n) is 9.04. The molecule has 1 N–H and O–H groups in total. The summed E-state index contributed by atoms with van der Waals surface area (Å²) in [5, 5.41) is 10.4. The van der Waals surface area contributed by atoms with Gasteiger partial charge in [-0.15, -0.1) is 0 Å². The number of amides is 1. The zero-order valence-corrected chi connectivity index (χ0v) is 30.6. The third-order valence-corrected chi connectivity index (χ3v) is 10.8. The number of phenolic OH excluding ortho intramolecular Hbond substituents is 1. The Hall–Kier alpha value is -5.25. The van der Waals surface area contributed by atoms with Gasteiger partial charge in [0.15, 0.2) is 0 Å². The fourth-order valence-electron chi connectivity index (χ4n) is 6.06. The Morgan fingerprint density at radius 1 is 0.673 bits per heavy atom. The molecule has 8 nitrogen and oxygen atoms in total. The molecule has 1 amide bonds. The first-order valence-electron chi connectivity index (χ1n) is 17.7. The number of unbranched alkanes of at least 4 members (excludes halogenated alkanes) is 4. The highest BCUT2D eigenvalue weighted by molar-refractivity contribution is 7.89. The zero-order valence-electron chi connectivity index (χ0n) is 29.8. The Balaban J connectivity index is 1.46. The molecule has 0 aromatic heterocycles. The van der Waals surface area contributed by atoms with E-state index in [2.05, 4.69) is 19.1 Å². The second-order valence-electron chi connectivity index (χ2n) is 12.8. The van der Waals surface area contributed by atoms with Crippen molar-refractivity contribution >= 4 is 27.6 Å². The van der Waals surface area contributed by atoms with Crippen LogP contribution in [0.25, 0.3) is 11.1 Å². The van der Waals surface area contributed by atoms with E-state index < -0.39 is 28.4 Å². The van der Waals surface area contributed by atoms with Crippen LogP contribution in [0.1, 0.15) is 66.1 Å². The van der Waals surface area contributed by atoms with E-state index in [1.54, 1.807) is 24.3 Å². The number of benzene rings is 5. The van der Waals surface area contributed by atoms with E-state index in [-0.39, 0.29) is 29.3 Å². The molecule has 0 aliphatic rings. The van der Waals surface area contributed by atoms with E-state index in [1.807, 2.05) is 72.8 Å². The molecule has 0 saturated carbocycles. The number of carbonyl (C=O) groups excluding carboxylic acids is 2. The predicted molar refractivity (Wildman–Crippen MR) is 205 cm³/mol. The van der Waals surface area contributed by atoms with Gasteiger partial charge in [0.25, 0.3) is 0 Å². The van der Waals surface area contributed by atoms with Gasteiger partial charge in [0.05, 0.1) is 25.1 Å². The van der Waals surface area contributed by atoms with Gasteiger partial charge in [-0.2, -0.15) is 4.31 Å². The lowest BCUT2D eigenvalue weighted by Crippen LogP contribution is -2.42. The molecule has 0 fully saturated rings. The average molecular weight is 719 g/mol. The summed E-state index contributed by atoms with van der Waals surface area (Å²) < 4.78 is 34.7. The van der Waals surface area contributed by atoms with Crippen molar-refractivity contribution in [2.45, 2.75) is 63.4 Å². The SMILES string of the molecule is CCCCCCCc1ccc(CN(C(=O)CN(Cc2ccccc2)S(=O)(=O)c2ccc(-c3ccccc3)cc2)c2ccc(O)c(C(=O)OC)c2)cc1. The molecule has 9 heteroatoms. The van der Waals surface area contributed by atoms with Gasteiger partial charge in [-0.05, 0) is 71.0 Å². The van der Waals surface area contributed by atoms with E-state index in [0.717, 1.165) is 29.5 Å². The zero-order chi connectivity index (χ0) is 36.9. The first-order chi connectivity index (χ1) is 25.2. The summed E-state index contributed by atoms with van der Waals surface area (Å²) >= 11 is 0. The molecule has 0 spiro atoms. The molecule has 5 aromatic carbocycles. The fraction of sp³-hybridized carbons (Fsp3) is 0.256. The van der Waals surface area contributed by atoms with Crippen molar-refractivity contribution in [1.82, 2.24) is 4.31 Å². The highest BCUT2D eigenvalue weighted by Crippen LogP contribution is 2.28. The van der Waals surface area contributed by atoms with Crippen molar-refractivity contribution in [2.24, 2.45) is 0 Å². The molecule has 270 valence electrons. The Morgan fingerprint density at radius 3 is 1.92 bits per heavy atom. The standard InChI is InChI=1S/C43H46N2O6S/c1-3-4-5-6-9-14-33-19-21-35(22-20-33)31-45(38-25-28-41(46)40(29-38)43(48)51-2)42(47)32-44(30-34-15-10-7-11-16-34)52(49,50)39-26-23-37(24-27-39)36-17-12-8-13-18-36/h7-8,10-13,15-29,46H,3-6,9,14,30-32H2,1-2H3. The van der Waals surface area contributed by atoms with Crippen LogP contribution in [0.2, 0.25) is 0 Å². The number of aromatic hydroxyl groups is 1. The van der Waals surface area contributed by atoms with Crippen LogP contribution in [0.3, 0.4) is 0 Å². The fourth-order valence-corrected chi connectivity index (χ4v) is 7.44. The molecular weight excluding hydrogens is 673 g/mol. The van der Waals surface area contributed by atoms with Crippen molar-refractivity contribution < 1.29 is 27.9 Å². The average Bonchev–Trinajstić information content (AvgIpc) is 3.18. The topological polar surface area (TPSA) is 104 Å². The minimum absolute atomic E-state index is 0.0425. The van der Waals surface area contributed by atoms with Gasteiger partial charge in [-0.25, -0.2) is 13.2 Å². The van der Waals surface area contributed by atoms with Crippen LogP contribution in [0, 0.1) is 0 Å². The smallest absolute Gasteiger partial charge is 0.341 e. The highest BCUT2D eigenvalue weighted by atomic mass is 32.2. The predicted octanol–water partition coefficient (Wildman–Crippen LogP) is 8.78. The van der Waals surface area contributed by atoms with Gasteiger partial charge < -0.3 is 14.7 Å². The maximum absolute atomic E-state index is 14.4. The van der Waals surface area contributed by atoms with Gasteiger partial charge in [0.1, 0.15) is 11.3 Å². The number of aryl methyl sites for hydroxylation is 1. The van der Waals surface area contributed by atoms with Gasteiger partial charge in [0, 0.05) is 12.2 Å². The van der Waals surface area contributed by atoms with Crippen molar-refractivity contribution in [3.8, 4) is 16.9 Å². The first-order valence-corrected chi connectivity index (χ1v) is 19.1. The number of hydrogen-bond acceptors (Lipinski definition) is 6. The van der Waals surface area contributed by atoms with E-state index in [1.165, 1.54) is 65.8 Å². The van der Waals surface area contributed by atoms with E-state index >= 15 is 0 Å². The summed E-state index contributed by atoms with van der Waals surface area (Å²) in [4.78, 5) is 28.5. The number of hydrogen-bond donors (Lipinski definition) is 1. The lowest BCUT2D eigenvalue weighted by molar-refractivity contribution is -0.119. The number of rotatable bonds is 17. The van der Waals surface area contributed by atoms with Crippen molar-refractivity contribution in [1.29, 1.82) is 0 Å². The van der Waals surface area contributed by atoms with Crippen molar-refractivity contribution in [2.75, 3.05) is 18.6 Å². The van der Waals surface area contributed by atoms with E-state index in [9.17, 15) is 23.1 Å². The second-order valence-corrected chi connectivity index (χ2v) is 14.7. The molecule has 0 bridgehead atoms. The van der Waals surface area contributed by atoms with Crippen LogP contribution in [0.15, 0.2) is 132 Å². The quantitative estimate of drug-likeness (QED) is 0.0762. The van der Waals surface area contributed by atoms with Gasteiger partial charge in [-0.3, -0.25) is 4.79 Å². The Kier molecular flexibility index (Phi) is 13.4. The number of phenols is 1. The lowest BCUT2D eigenvalue weighted by Gasteiger charge is -2.28. The first kappa shape index (κ1) is 38.0. The summed E-state index contributed by atoms with van der Waals surface area (Å²) in [6.07, 6.45) is 6.91. The highest BCUT2D eigenvalue weighted by Gasteiger charge is 2.30. The number of carbonyl (C=O) groups is 2. The van der Waals surface area contributed by atoms with Gasteiger partial charge in [-0.1, -0.05) is 130 Å². The summed E-state index contributed by atoms with van der Waals surface area (Å²) in [6.45, 7) is 1.78. The van der Waals surface area contributed by atoms with Crippen LogP contribution >= 0.6 is 0 Å². The van der Waals surface area contributed by atoms with E-state index in [4.69, 9.17) is 4.74 Å². The molecule has 5 rings (SSSR count). The number of methoxy groups -OCH3 is 1. The summed E-state index contributed by atoms with van der Waals surface area (Å²) in [6, 6.07) is 37.7. The van der Waals surface area contributed by atoms with Crippen LogP contribution in [-0.2, 0) is 39.1 Å². The third kappa shape index (κ3) is 9.96. The van der Waals surface area contributed by atoms with Gasteiger partial charge in [0.2, 0.25) is 15.9 Å². The molecule has 52 heavy (non-hydrogen) atoms. The lowest BCUT2D eigenvalue weighted by atomic mass is 10.0. The van der Waals surface area contributed by atoms with Crippen LogP contribution in [-0.4, -0.2) is 43.4 Å². The Bertz CT molecular complexity index is 2020. The molecule has 0 heterocycles. The molecule has 0 aliphatic carbocycles. The molecule has 0 unspecified atom stereocenters. The van der Waals surface area contributed by atoms with Crippen molar-refractivity contribution in [3.63, 3.8) is 0 Å². The summed E-state index contributed by atoms with van der Waals surface area (Å²) in [5.74, 6) is -1.57. The number of anilines is 1. The molecule has 5 aromatic rings. The van der Waals surface area contributed by atoms with Crippen LogP contribution in [0.4, 0.5) is 5.69 Å². The Morgan fingerprint density at radius 2 is 1.27 bits per heavy atom. The number of esters is 1. The summed E-state index contributed by atoms with van der Waals surface area (Å²) in [5.41, 5.74) is 4.77. The number of ether oxygens (including phenoxy) is 1. The van der Waals surface area contributed by atoms with Crippen LogP contribution in [0.5, 0.6) is 5.75 Å². The maximum atomic E-state index is 14.4. The van der Waals surface area contributed by atoms with E-state index in [0.29, 0.717) is 11.3 Å². The molecule has 0 saturated heterocycles. The van der Waals surface area contributed by atoms with Crippen LogP contribution < -0.4 is 4.90 Å². The normalized spacial score (nSPS) is 11.4. The van der Waals surface area contributed by atoms with Gasteiger partial charge >= 0.3 is 5.97 Å².